The summed E-state index contributed by atoms with van der Waals surface area (Å²) in [7, 11) is 18.1. The lowest BCUT2D eigenvalue weighted by molar-refractivity contribution is -0.0512. The van der Waals surface area contributed by atoms with Crippen molar-refractivity contribution in [2.45, 2.75) is 60.8 Å². The summed E-state index contributed by atoms with van der Waals surface area (Å²) in [4.78, 5) is 12.5. The number of carbonyl (C=O) groups excluding carboxylic acids is 1. The number of rotatable bonds is 5. The largest absolute Gasteiger partial charge is 0.475 e. The average Bonchev–Trinajstić information content (AvgIpc) is 3.43. The molecule has 1 aromatic heterocycles. The third-order valence-electron chi connectivity index (χ3n) is 6.24. The summed E-state index contributed by atoms with van der Waals surface area (Å²) in [6, 6.07) is 1.38. The summed E-state index contributed by atoms with van der Waals surface area (Å²) in [6.07, 6.45) is 6.72. The number of fused-ring (bicyclic) bond motifs is 3. The summed E-state index contributed by atoms with van der Waals surface area (Å²) in [5, 5.41) is 4.77. The molecule has 1 aliphatic heterocycles. The van der Waals surface area contributed by atoms with E-state index in [-0.39, 0.29) is 23.9 Å². The Morgan fingerprint density at radius 3 is 2.41 bits per heavy atom. The summed E-state index contributed by atoms with van der Waals surface area (Å²) in [6.45, 7) is -0.414. The number of hydrogen-bond donors (Lipinski definition) is 2. The van der Waals surface area contributed by atoms with Gasteiger partial charge in [0.25, 0.3) is 10.0 Å². The molecular weight excluding hydrogens is 452 g/mol. The Bertz CT molecular complexity index is 1240. The van der Waals surface area contributed by atoms with Crippen molar-refractivity contribution < 1.29 is 22.7 Å². The van der Waals surface area contributed by atoms with Gasteiger partial charge in [-0.15, -0.1) is 0 Å². The molecule has 1 aromatic carbocycles. The smallest absolute Gasteiger partial charge is 0.333 e. The number of urea groups is 1. The predicted octanol–water partition coefficient (Wildman–Crippen LogP) is -0.238. The fourth-order valence-corrected chi connectivity index (χ4v) is 5.97. The molecule has 0 bridgehead atoms. The van der Waals surface area contributed by atoms with Gasteiger partial charge >= 0.3 is 6.03 Å². The van der Waals surface area contributed by atoms with Crippen molar-refractivity contribution in [1.29, 1.82) is 0 Å². The SMILES string of the molecule is [B]C([B])([B])OC1([B])COc2c(S(=O)(=O)NC(=O)Nc3c4c(cc5c3CCC5)CCC4)cnn2C1. The van der Waals surface area contributed by atoms with Crippen LogP contribution in [0.25, 0.3) is 0 Å². The van der Waals surface area contributed by atoms with Gasteiger partial charge in [0.05, 0.1) is 41.8 Å². The molecule has 14 heteroatoms. The van der Waals surface area contributed by atoms with Crippen LogP contribution in [0.4, 0.5) is 10.5 Å². The lowest BCUT2D eigenvalue weighted by atomic mass is 9.51. The normalized spacial score (nSPS) is 21.3. The van der Waals surface area contributed by atoms with Crippen molar-refractivity contribution in [3.05, 3.63) is 34.5 Å². The van der Waals surface area contributed by atoms with E-state index < -0.39 is 26.9 Å². The number of anilines is 1. The van der Waals surface area contributed by atoms with Gasteiger partial charge in [-0.1, -0.05) is 6.07 Å². The van der Waals surface area contributed by atoms with Crippen molar-refractivity contribution in [3.63, 3.8) is 0 Å². The molecule has 2 amide bonds. The molecule has 5 rings (SSSR count). The summed E-state index contributed by atoms with van der Waals surface area (Å²) < 4.78 is 39.9. The zero-order valence-corrected chi connectivity index (χ0v) is 19.3. The van der Waals surface area contributed by atoms with Gasteiger partial charge in [-0.3, -0.25) is 0 Å². The molecule has 2 heterocycles. The van der Waals surface area contributed by atoms with Crippen LogP contribution in [0, 0.1) is 0 Å². The Kier molecular flexibility index (Phi) is 5.59. The fraction of sp³-hybridized carbons (Fsp3) is 0.500. The zero-order valence-electron chi connectivity index (χ0n) is 18.5. The molecule has 0 saturated heterocycles. The van der Waals surface area contributed by atoms with E-state index >= 15 is 0 Å². The maximum absolute atomic E-state index is 13.0. The second-order valence-electron chi connectivity index (χ2n) is 9.07. The van der Waals surface area contributed by atoms with Gasteiger partial charge in [-0.2, -0.15) is 5.10 Å². The minimum atomic E-state index is -4.30. The second kappa shape index (κ2) is 8.12. The van der Waals surface area contributed by atoms with Crippen LogP contribution in [0.5, 0.6) is 5.88 Å². The van der Waals surface area contributed by atoms with Gasteiger partial charge in [0.1, 0.15) is 14.5 Å². The third kappa shape index (κ3) is 4.37. The number of aryl methyl sites for hydroxylation is 2. The molecule has 0 spiro atoms. The molecule has 2 N–H and O–H groups in total. The quantitative estimate of drug-likeness (QED) is 0.582. The first-order chi connectivity index (χ1) is 15.9. The number of sulfonamides is 1. The average molecular weight is 472 g/mol. The number of nitrogens with zero attached hydrogens (tertiary/aromatic N) is 2. The summed E-state index contributed by atoms with van der Waals surface area (Å²) in [5.41, 5.74) is 3.84. The van der Waals surface area contributed by atoms with Crippen LogP contribution in [0.3, 0.4) is 0 Å². The van der Waals surface area contributed by atoms with Gasteiger partial charge in [0.2, 0.25) is 5.88 Å². The van der Waals surface area contributed by atoms with Crippen molar-refractivity contribution in [1.82, 2.24) is 14.5 Å². The minimum Gasteiger partial charge on any atom is -0.475 e. The van der Waals surface area contributed by atoms with Crippen molar-refractivity contribution >= 4 is 53.1 Å². The Labute approximate surface area is 203 Å². The third-order valence-corrected chi connectivity index (χ3v) is 7.55. The van der Waals surface area contributed by atoms with Crippen LogP contribution in [0.1, 0.15) is 35.1 Å². The highest BCUT2D eigenvalue weighted by molar-refractivity contribution is 7.90. The molecule has 3 aliphatic rings. The van der Waals surface area contributed by atoms with Crippen LogP contribution in [0.15, 0.2) is 17.2 Å². The number of aromatic nitrogens is 2. The Morgan fingerprint density at radius 1 is 1.15 bits per heavy atom. The molecule has 168 valence electrons. The molecule has 2 aliphatic carbocycles. The first-order valence-electron chi connectivity index (χ1n) is 11.0. The highest BCUT2D eigenvalue weighted by Crippen LogP contribution is 2.38. The van der Waals surface area contributed by atoms with E-state index in [2.05, 4.69) is 21.2 Å². The number of ether oxygens (including phenoxy) is 2. The molecule has 1 atom stereocenters. The van der Waals surface area contributed by atoms with E-state index in [1.807, 2.05) is 0 Å². The van der Waals surface area contributed by atoms with Crippen molar-refractivity contribution in [2.24, 2.45) is 0 Å². The highest BCUT2D eigenvalue weighted by atomic mass is 32.2. The lowest BCUT2D eigenvalue weighted by Crippen LogP contribution is -2.54. The van der Waals surface area contributed by atoms with E-state index in [0.29, 0.717) is 0 Å². The molecule has 1 unspecified atom stereocenters. The maximum Gasteiger partial charge on any atom is 0.333 e. The topological polar surface area (TPSA) is 112 Å². The molecule has 2 aromatic rings. The van der Waals surface area contributed by atoms with Crippen molar-refractivity contribution in [2.75, 3.05) is 11.9 Å². The number of nitrogens with one attached hydrogen (secondary N) is 2. The minimum absolute atomic E-state index is 0.0943. The summed E-state index contributed by atoms with van der Waals surface area (Å²) >= 11 is 0. The monoisotopic (exact) mass is 472 g/mol. The maximum atomic E-state index is 13.0. The molecule has 8 radical (unpaired) electrons. The molecule has 0 fully saturated rings. The zero-order chi connectivity index (χ0) is 24.3. The van der Waals surface area contributed by atoms with Crippen LogP contribution < -0.4 is 14.8 Å². The van der Waals surface area contributed by atoms with E-state index in [4.69, 9.17) is 40.9 Å². The van der Waals surface area contributed by atoms with Crippen LogP contribution in [-0.2, 0) is 47.0 Å². The van der Waals surface area contributed by atoms with Gasteiger partial charge in [-0.05, 0) is 66.1 Å². The van der Waals surface area contributed by atoms with Gasteiger partial charge in [-0.25, -0.2) is 22.6 Å². The standard InChI is InChI=1S/C20H20B4N4O5S/c21-19(33-20(22,23)24)9-28-17(32-10-19)15(8-25-28)34(30,31)27-18(29)26-16-13-5-1-3-11(13)7-12-4-2-6-14(12)16/h7-8H,1-6,9-10H2,(H2,26,27,29). The van der Waals surface area contributed by atoms with Gasteiger partial charge < -0.3 is 14.8 Å². The first kappa shape index (κ1) is 23.4. The highest BCUT2D eigenvalue weighted by Gasteiger charge is 2.39. The molecular formula is C20H20B4N4O5S. The van der Waals surface area contributed by atoms with Gasteiger partial charge in [0.15, 0.2) is 4.90 Å². The lowest BCUT2D eigenvalue weighted by Gasteiger charge is -2.40. The number of carbonyl (C=O) groups is 1. The van der Waals surface area contributed by atoms with Crippen LogP contribution in [0.2, 0.25) is 0 Å². The number of benzene rings is 1. The Balaban J connectivity index is 1.35. The fourth-order valence-electron chi connectivity index (χ4n) is 4.99. The van der Waals surface area contributed by atoms with Crippen LogP contribution in [-0.4, -0.2) is 73.0 Å². The number of amides is 2. The summed E-state index contributed by atoms with van der Waals surface area (Å²) in [5.74, 6) is -0.0943. The predicted molar refractivity (Wildman–Crippen MR) is 127 cm³/mol. The van der Waals surface area contributed by atoms with Crippen LogP contribution >= 0.6 is 0 Å². The van der Waals surface area contributed by atoms with E-state index in [1.165, 1.54) is 15.8 Å². The molecule has 9 nitrogen and oxygen atoms in total. The number of hydrogen-bond acceptors (Lipinski definition) is 6. The molecule has 0 saturated carbocycles. The second-order valence-corrected chi connectivity index (χ2v) is 10.7. The Hall–Kier alpha value is -2.33. The van der Waals surface area contributed by atoms with E-state index in [0.717, 1.165) is 61.5 Å². The first-order valence-corrected chi connectivity index (χ1v) is 12.5. The van der Waals surface area contributed by atoms with Gasteiger partial charge in [0, 0.05) is 5.69 Å². The van der Waals surface area contributed by atoms with E-state index in [9.17, 15) is 13.2 Å². The van der Waals surface area contributed by atoms with Crippen molar-refractivity contribution in [3.8, 4) is 5.88 Å². The Morgan fingerprint density at radius 2 is 1.79 bits per heavy atom. The van der Waals surface area contributed by atoms with E-state index in [1.54, 1.807) is 0 Å². The molecule has 34 heavy (non-hydrogen) atoms.